The normalized spacial score (nSPS) is 28.9. The first kappa shape index (κ1) is 27.6. The van der Waals surface area contributed by atoms with Crippen LogP contribution < -0.4 is 4.90 Å². The van der Waals surface area contributed by atoms with Gasteiger partial charge in [-0.25, -0.2) is 13.8 Å². The van der Waals surface area contributed by atoms with E-state index in [1.807, 2.05) is 36.4 Å². The number of likely N-dealkylation sites (N-methyl/N-ethyl adjacent to an activating group) is 1. The van der Waals surface area contributed by atoms with E-state index >= 15 is 0 Å². The number of methoxy groups -OCH3 is 1. The van der Waals surface area contributed by atoms with E-state index in [9.17, 15) is 8.78 Å². The molecule has 0 N–H and O–H groups in total. The summed E-state index contributed by atoms with van der Waals surface area (Å²) >= 11 is 6.68. The predicted molar refractivity (Wildman–Crippen MR) is 153 cm³/mol. The highest BCUT2D eigenvalue weighted by molar-refractivity contribution is 6.36. The average molecular weight is 576 g/mol. The van der Waals surface area contributed by atoms with Crippen LogP contribution in [0.4, 0.5) is 14.5 Å². The number of ether oxygens (including phenoxy) is 3. The van der Waals surface area contributed by atoms with Gasteiger partial charge in [0.2, 0.25) is 0 Å². The number of nitrogens with zero attached hydrogens (tertiary/aromatic N) is 5. The van der Waals surface area contributed by atoms with E-state index in [4.69, 9.17) is 35.8 Å². The van der Waals surface area contributed by atoms with E-state index in [1.54, 1.807) is 12.0 Å². The summed E-state index contributed by atoms with van der Waals surface area (Å²) in [5, 5.41) is 2.66. The molecule has 0 saturated carbocycles. The van der Waals surface area contributed by atoms with Gasteiger partial charge in [-0.3, -0.25) is 0 Å². The molecule has 5 atom stereocenters. The number of halogens is 3. The lowest BCUT2D eigenvalue weighted by molar-refractivity contribution is -0.0279. The largest absolute Gasteiger partial charge is 0.462 e. The molecular weight excluding hydrogens is 540 g/mol. The molecule has 0 amide bonds. The van der Waals surface area contributed by atoms with E-state index in [-0.39, 0.29) is 43.3 Å². The summed E-state index contributed by atoms with van der Waals surface area (Å²) in [7, 11) is 3.66. The zero-order valence-electron chi connectivity index (χ0n) is 22.9. The Morgan fingerprint density at radius 2 is 2.00 bits per heavy atom. The lowest BCUT2D eigenvalue weighted by Gasteiger charge is -2.45. The van der Waals surface area contributed by atoms with Crippen molar-refractivity contribution >= 4 is 39.9 Å². The van der Waals surface area contributed by atoms with Gasteiger partial charge < -0.3 is 28.9 Å². The highest BCUT2D eigenvalue weighted by Crippen LogP contribution is 2.39. The summed E-state index contributed by atoms with van der Waals surface area (Å²) in [5.74, 6) is 0.291. The molecular formula is C29H36ClF2N5O3. The minimum Gasteiger partial charge on any atom is -0.462 e. The van der Waals surface area contributed by atoms with Gasteiger partial charge in [-0.05, 0) is 44.0 Å². The van der Waals surface area contributed by atoms with E-state index in [2.05, 4.69) is 16.8 Å². The average Bonchev–Trinajstić information content (AvgIpc) is 3.29. The standard InChI is InChI=1S/C29H36ClF2N5O3/c1-35-11-5-8-19(35)16-40-29-33-21-14-36(22-10-4-7-18-6-3-9-20(30)25(18)22)15-24-26(21)28(34-29)37(12-13-38-2)23(17-39-24)27(31)32/h3-4,6-7,9-10,19,21,23-24,26-27H,5,8,11-17H2,1-2H3. The molecule has 0 bridgehead atoms. The SMILES string of the molecule is COCCN1C2=NC(OCC3CCCN3C)=NC3CN(c4cccc5cccc(Cl)c45)CC(OCC1C(F)F)C23. The Kier molecular flexibility index (Phi) is 8.12. The molecule has 0 radical (unpaired) electrons. The number of hydrogen-bond donors (Lipinski definition) is 0. The third-order valence-corrected chi connectivity index (χ3v) is 8.97. The second-order valence-corrected chi connectivity index (χ2v) is 11.4. The van der Waals surface area contributed by atoms with Crippen LogP contribution >= 0.6 is 11.6 Å². The minimum absolute atomic E-state index is 0.110. The Hall–Kier alpha value is -2.53. The lowest BCUT2D eigenvalue weighted by Crippen LogP contribution is -2.59. The number of fused-ring (bicyclic) bond motifs is 1. The summed E-state index contributed by atoms with van der Waals surface area (Å²) in [4.78, 5) is 15.9. The van der Waals surface area contributed by atoms with Crippen LogP contribution in [0.25, 0.3) is 10.8 Å². The maximum absolute atomic E-state index is 14.4. The number of benzene rings is 2. The Bertz CT molecular complexity index is 1270. The lowest BCUT2D eigenvalue weighted by atomic mass is 9.86. The summed E-state index contributed by atoms with van der Waals surface area (Å²) in [5.41, 5.74) is 0.977. The molecule has 4 aliphatic rings. The third kappa shape index (κ3) is 5.26. The van der Waals surface area contributed by atoms with Gasteiger partial charge in [-0.1, -0.05) is 35.9 Å². The fourth-order valence-corrected chi connectivity index (χ4v) is 6.81. The van der Waals surface area contributed by atoms with Crippen LogP contribution in [0.3, 0.4) is 0 Å². The molecule has 4 aliphatic heterocycles. The molecule has 8 nitrogen and oxygen atoms in total. The Morgan fingerprint density at radius 1 is 1.18 bits per heavy atom. The van der Waals surface area contributed by atoms with E-state index in [0.717, 1.165) is 35.8 Å². The van der Waals surface area contributed by atoms with Crippen LogP contribution in [0.1, 0.15) is 12.8 Å². The first-order valence-electron chi connectivity index (χ1n) is 14.0. The fraction of sp³-hybridized carbons (Fsp3) is 0.586. The fourth-order valence-electron chi connectivity index (χ4n) is 6.53. The molecule has 3 saturated heterocycles. The molecule has 0 aliphatic carbocycles. The topological polar surface area (TPSA) is 62.1 Å². The van der Waals surface area contributed by atoms with Crippen LogP contribution in [-0.4, -0.2) is 112 Å². The molecule has 4 heterocycles. The Balaban J connectivity index is 1.37. The first-order chi connectivity index (χ1) is 19.4. The molecule has 3 fully saturated rings. The number of aliphatic imine (C=N–C) groups is 2. The molecule has 0 aromatic heterocycles. The van der Waals surface area contributed by atoms with Gasteiger partial charge in [-0.15, -0.1) is 0 Å². The Morgan fingerprint density at radius 3 is 2.75 bits per heavy atom. The molecule has 40 heavy (non-hydrogen) atoms. The van der Waals surface area contributed by atoms with Crippen molar-refractivity contribution in [2.24, 2.45) is 15.9 Å². The third-order valence-electron chi connectivity index (χ3n) is 8.66. The molecule has 216 valence electrons. The van der Waals surface area contributed by atoms with Gasteiger partial charge in [0.25, 0.3) is 6.43 Å². The zero-order valence-corrected chi connectivity index (χ0v) is 23.6. The van der Waals surface area contributed by atoms with Crippen LogP contribution in [-0.2, 0) is 14.2 Å². The smallest absolute Gasteiger partial charge is 0.313 e. The molecule has 5 unspecified atom stereocenters. The molecule has 0 spiro atoms. The van der Waals surface area contributed by atoms with Crippen LogP contribution in [0.5, 0.6) is 0 Å². The monoisotopic (exact) mass is 575 g/mol. The van der Waals surface area contributed by atoms with Gasteiger partial charge in [0.05, 0.1) is 36.3 Å². The summed E-state index contributed by atoms with van der Waals surface area (Å²) < 4.78 is 46.6. The number of alkyl halides is 2. The minimum atomic E-state index is -2.61. The molecule has 11 heteroatoms. The van der Waals surface area contributed by atoms with Crippen molar-refractivity contribution in [3.63, 3.8) is 0 Å². The van der Waals surface area contributed by atoms with Gasteiger partial charge in [0.1, 0.15) is 18.5 Å². The van der Waals surface area contributed by atoms with E-state index in [0.29, 0.717) is 37.2 Å². The van der Waals surface area contributed by atoms with Gasteiger partial charge in [0.15, 0.2) is 0 Å². The van der Waals surface area contributed by atoms with Gasteiger partial charge in [0, 0.05) is 43.9 Å². The van der Waals surface area contributed by atoms with Crippen molar-refractivity contribution < 1.29 is 23.0 Å². The van der Waals surface area contributed by atoms with Crippen LogP contribution in [0.15, 0.2) is 46.4 Å². The van der Waals surface area contributed by atoms with E-state index < -0.39 is 12.5 Å². The number of rotatable bonds is 7. The number of amidine groups is 2. The summed E-state index contributed by atoms with van der Waals surface area (Å²) in [6.45, 7) is 3.03. The molecule has 6 rings (SSSR count). The Labute approximate surface area is 238 Å². The number of piperidine rings is 1. The highest BCUT2D eigenvalue weighted by Gasteiger charge is 2.50. The number of hydrogen-bond acceptors (Lipinski definition) is 8. The van der Waals surface area contributed by atoms with Crippen molar-refractivity contribution in [3.05, 3.63) is 41.4 Å². The second-order valence-electron chi connectivity index (χ2n) is 11.0. The van der Waals surface area contributed by atoms with Crippen molar-refractivity contribution in [3.8, 4) is 0 Å². The van der Waals surface area contributed by atoms with Crippen molar-refractivity contribution in [1.29, 1.82) is 0 Å². The van der Waals surface area contributed by atoms with Crippen LogP contribution in [0.2, 0.25) is 5.02 Å². The highest BCUT2D eigenvalue weighted by atomic mass is 35.5. The first-order valence-corrected chi connectivity index (χ1v) is 14.4. The maximum Gasteiger partial charge on any atom is 0.313 e. The zero-order chi connectivity index (χ0) is 27.8. The second kappa shape index (κ2) is 11.8. The number of likely N-dealkylation sites (tertiary alicyclic amines) is 1. The molecule has 2 aromatic carbocycles. The summed E-state index contributed by atoms with van der Waals surface area (Å²) in [6.07, 6.45) is -0.818. The van der Waals surface area contributed by atoms with Crippen molar-refractivity contribution in [1.82, 2.24) is 9.80 Å². The van der Waals surface area contributed by atoms with Crippen LogP contribution in [0, 0.1) is 5.92 Å². The van der Waals surface area contributed by atoms with Gasteiger partial charge >= 0.3 is 6.02 Å². The maximum atomic E-state index is 14.4. The molecule has 2 aromatic rings. The summed E-state index contributed by atoms with van der Waals surface area (Å²) in [6, 6.07) is 11.1. The van der Waals surface area contributed by atoms with Crippen molar-refractivity contribution in [2.75, 3.05) is 65.1 Å². The quantitative estimate of drug-likeness (QED) is 0.494. The number of anilines is 1. The van der Waals surface area contributed by atoms with Crippen molar-refractivity contribution in [2.45, 2.75) is 43.5 Å². The predicted octanol–water partition coefficient (Wildman–Crippen LogP) is 4.16. The van der Waals surface area contributed by atoms with E-state index in [1.165, 1.54) is 0 Å². The van der Waals surface area contributed by atoms with Gasteiger partial charge in [-0.2, -0.15) is 4.99 Å².